The maximum atomic E-state index is 11.8. The van der Waals surface area contributed by atoms with Gasteiger partial charge in [0, 0.05) is 13.0 Å². The van der Waals surface area contributed by atoms with E-state index in [2.05, 4.69) is 0 Å². The van der Waals surface area contributed by atoms with Crippen LogP contribution in [0.4, 0.5) is 0 Å². The first-order valence-electron chi connectivity index (χ1n) is 6.22. The molecule has 96 valence electrons. The molecule has 1 heterocycles. The van der Waals surface area contributed by atoms with Crippen LogP contribution in [-0.4, -0.2) is 29.4 Å². The van der Waals surface area contributed by atoms with E-state index in [-0.39, 0.29) is 11.9 Å². The number of esters is 1. The van der Waals surface area contributed by atoms with Gasteiger partial charge in [0.05, 0.1) is 6.61 Å². The number of nitrogens with zero attached hydrogens (tertiary/aromatic N) is 1. The van der Waals surface area contributed by atoms with Crippen LogP contribution < -0.4 is 0 Å². The lowest BCUT2D eigenvalue weighted by Gasteiger charge is -2.23. The molecule has 2 rings (SSSR count). The number of carbonyl (C=O) groups excluding carboxylic acids is 2. The van der Waals surface area contributed by atoms with Crippen molar-refractivity contribution in [3.05, 3.63) is 35.9 Å². The highest BCUT2D eigenvalue weighted by Gasteiger charge is 2.36. The summed E-state index contributed by atoms with van der Waals surface area (Å²) in [5.41, 5.74) is 1.03. The normalized spacial score (nSPS) is 19.1. The Labute approximate surface area is 107 Å². The molecule has 1 fully saturated rings. The molecular weight excluding hydrogens is 230 g/mol. The Bertz CT molecular complexity index is 430. The average molecular weight is 247 g/mol. The monoisotopic (exact) mass is 247 g/mol. The van der Waals surface area contributed by atoms with Gasteiger partial charge in [-0.15, -0.1) is 0 Å². The summed E-state index contributed by atoms with van der Waals surface area (Å²) in [5, 5.41) is 0. The fourth-order valence-corrected chi connectivity index (χ4v) is 2.20. The first kappa shape index (κ1) is 12.6. The molecule has 0 spiro atoms. The van der Waals surface area contributed by atoms with Crippen LogP contribution in [0.2, 0.25) is 0 Å². The third kappa shape index (κ3) is 2.70. The van der Waals surface area contributed by atoms with E-state index in [1.807, 2.05) is 30.3 Å². The summed E-state index contributed by atoms with van der Waals surface area (Å²) in [4.78, 5) is 25.2. The SMILES string of the molecule is CCOC(=O)C1CCC(=O)N1Cc1ccccc1. The van der Waals surface area contributed by atoms with Crippen molar-refractivity contribution in [1.29, 1.82) is 0 Å². The van der Waals surface area contributed by atoms with E-state index in [4.69, 9.17) is 4.74 Å². The van der Waals surface area contributed by atoms with Crippen LogP contribution in [0.1, 0.15) is 25.3 Å². The summed E-state index contributed by atoms with van der Waals surface area (Å²) in [6.45, 7) is 2.60. The zero-order valence-corrected chi connectivity index (χ0v) is 10.5. The van der Waals surface area contributed by atoms with Crippen LogP contribution in [0.15, 0.2) is 30.3 Å². The molecule has 1 unspecified atom stereocenters. The van der Waals surface area contributed by atoms with E-state index in [1.165, 1.54) is 0 Å². The molecule has 0 N–H and O–H groups in total. The number of carbonyl (C=O) groups is 2. The highest BCUT2D eigenvalue weighted by molar-refractivity contribution is 5.88. The first-order chi connectivity index (χ1) is 8.72. The molecule has 0 aromatic heterocycles. The third-order valence-electron chi connectivity index (χ3n) is 3.08. The standard InChI is InChI=1S/C14H17NO3/c1-2-18-14(17)12-8-9-13(16)15(12)10-11-6-4-3-5-7-11/h3-7,12H,2,8-10H2,1H3. The van der Waals surface area contributed by atoms with Crippen molar-refractivity contribution >= 4 is 11.9 Å². The van der Waals surface area contributed by atoms with Crippen LogP contribution in [0, 0.1) is 0 Å². The van der Waals surface area contributed by atoms with Crippen molar-refractivity contribution in [1.82, 2.24) is 4.90 Å². The smallest absolute Gasteiger partial charge is 0.328 e. The Morgan fingerprint density at radius 1 is 1.39 bits per heavy atom. The number of amides is 1. The van der Waals surface area contributed by atoms with Crippen molar-refractivity contribution in [3.63, 3.8) is 0 Å². The molecule has 1 aromatic carbocycles. The number of ether oxygens (including phenoxy) is 1. The van der Waals surface area contributed by atoms with Crippen molar-refractivity contribution < 1.29 is 14.3 Å². The van der Waals surface area contributed by atoms with E-state index in [0.717, 1.165) is 5.56 Å². The minimum Gasteiger partial charge on any atom is -0.464 e. The van der Waals surface area contributed by atoms with Crippen LogP contribution in [0.3, 0.4) is 0 Å². The van der Waals surface area contributed by atoms with Crippen molar-refractivity contribution in [3.8, 4) is 0 Å². The second-order valence-electron chi connectivity index (χ2n) is 4.31. The quantitative estimate of drug-likeness (QED) is 0.761. The molecular formula is C14H17NO3. The molecule has 4 nitrogen and oxygen atoms in total. The van der Waals surface area contributed by atoms with Gasteiger partial charge < -0.3 is 9.64 Å². The van der Waals surface area contributed by atoms with Gasteiger partial charge >= 0.3 is 5.97 Å². The molecule has 1 saturated heterocycles. The zero-order valence-electron chi connectivity index (χ0n) is 10.5. The van der Waals surface area contributed by atoms with Gasteiger partial charge in [-0.3, -0.25) is 4.79 Å². The summed E-state index contributed by atoms with van der Waals surface area (Å²) >= 11 is 0. The summed E-state index contributed by atoms with van der Waals surface area (Å²) in [7, 11) is 0. The highest BCUT2D eigenvalue weighted by Crippen LogP contribution is 2.22. The highest BCUT2D eigenvalue weighted by atomic mass is 16.5. The Morgan fingerprint density at radius 3 is 2.78 bits per heavy atom. The number of likely N-dealkylation sites (tertiary alicyclic amines) is 1. The van der Waals surface area contributed by atoms with Gasteiger partial charge in [-0.05, 0) is 18.9 Å². The molecule has 1 aromatic rings. The van der Waals surface area contributed by atoms with Crippen LogP contribution in [-0.2, 0) is 20.9 Å². The minimum absolute atomic E-state index is 0.0249. The zero-order chi connectivity index (χ0) is 13.0. The number of rotatable bonds is 4. The predicted molar refractivity (Wildman–Crippen MR) is 66.6 cm³/mol. The Morgan fingerprint density at radius 2 is 2.11 bits per heavy atom. The lowest BCUT2D eigenvalue weighted by Crippen LogP contribution is -2.39. The molecule has 0 saturated carbocycles. The van der Waals surface area contributed by atoms with Gasteiger partial charge in [0.1, 0.15) is 6.04 Å². The molecule has 4 heteroatoms. The van der Waals surface area contributed by atoms with E-state index in [0.29, 0.717) is 26.0 Å². The maximum Gasteiger partial charge on any atom is 0.328 e. The molecule has 1 aliphatic heterocycles. The van der Waals surface area contributed by atoms with Gasteiger partial charge in [-0.1, -0.05) is 30.3 Å². The Kier molecular flexibility index (Phi) is 3.97. The number of hydrogen-bond donors (Lipinski definition) is 0. The van der Waals surface area contributed by atoms with Crippen LogP contribution in [0.25, 0.3) is 0 Å². The van der Waals surface area contributed by atoms with E-state index in [1.54, 1.807) is 11.8 Å². The number of hydrogen-bond acceptors (Lipinski definition) is 3. The molecule has 1 amide bonds. The summed E-state index contributed by atoms with van der Waals surface area (Å²) in [5.74, 6) is -0.267. The van der Waals surface area contributed by atoms with Gasteiger partial charge in [0.2, 0.25) is 5.91 Å². The minimum atomic E-state index is -0.419. The summed E-state index contributed by atoms with van der Waals surface area (Å²) in [6.07, 6.45) is 0.987. The van der Waals surface area contributed by atoms with Gasteiger partial charge in [-0.25, -0.2) is 4.79 Å². The maximum absolute atomic E-state index is 11.8. The third-order valence-corrected chi connectivity index (χ3v) is 3.08. The Balaban J connectivity index is 2.08. The van der Waals surface area contributed by atoms with Gasteiger partial charge in [0.25, 0.3) is 0 Å². The van der Waals surface area contributed by atoms with Crippen molar-refractivity contribution in [2.75, 3.05) is 6.61 Å². The summed E-state index contributed by atoms with van der Waals surface area (Å²) in [6, 6.07) is 9.27. The van der Waals surface area contributed by atoms with Gasteiger partial charge in [-0.2, -0.15) is 0 Å². The lowest BCUT2D eigenvalue weighted by molar-refractivity contribution is -0.151. The largest absolute Gasteiger partial charge is 0.464 e. The molecule has 1 atom stereocenters. The lowest BCUT2D eigenvalue weighted by atomic mass is 10.2. The van der Waals surface area contributed by atoms with Gasteiger partial charge in [0.15, 0.2) is 0 Å². The van der Waals surface area contributed by atoms with E-state index < -0.39 is 6.04 Å². The van der Waals surface area contributed by atoms with Crippen molar-refractivity contribution in [2.24, 2.45) is 0 Å². The summed E-state index contributed by atoms with van der Waals surface area (Å²) < 4.78 is 5.01. The van der Waals surface area contributed by atoms with Crippen LogP contribution in [0.5, 0.6) is 0 Å². The second kappa shape index (κ2) is 5.67. The topological polar surface area (TPSA) is 46.6 Å². The first-order valence-corrected chi connectivity index (χ1v) is 6.22. The molecule has 0 radical (unpaired) electrons. The van der Waals surface area contributed by atoms with E-state index >= 15 is 0 Å². The molecule has 0 aliphatic carbocycles. The fourth-order valence-electron chi connectivity index (χ4n) is 2.20. The average Bonchev–Trinajstić information content (AvgIpc) is 2.73. The van der Waals surface area contributed by atoms with Crippen LogP contribution >= 0.6 is 0 Å². The van der Waals surface area contributed by atoms with Crippen molar-refractivity contribution in [2.45, 2.75) is 32.4 Å². The number of benzene rings is 1. The second-order valence-corrected chi connectivity index (χ2v) is 4.31. The fraction of sp³-hybridized carbons (Fsp3) is 0.429. The Hall–Kier alpha value is -1.84. The molecule has 1 aliphatic rings. The molecule has 18 heavy (non-hydrogen) atoms. The molecule has 0 bridgehead atoms. The van der Waals surface area contributed by atoms with E-state index in [9.17, 15) is 9.59 Å². The predicted octanol–water partition coefficient (Wildman–Crippen LogP) is 1.74.